The lowest BCUT2D eigenvalue weighted by molar-refractivity contribution is 0.182. The van der Waals surface area contributed by atoms with Crippen molar-refractivity contribution in [1.82, 2.24) is 4.90 Å². The SMILES string of the molecule is C=CCN(CC=C)C(c1ccccc1)(P(=O)(O)O)P(=O)(O)O. The molecule has 9 heteroatoms. The molecular formula is C13H19NO6P2. The van der Waals surface area contributed by atoms with Gasteiger partial charge in [0.15, 0.2) is 0 Å². The van der Waals surface area contributed by atoms with E-state index in [1.54, 1.807) is 6.07 Å². The highest BCUT2D eigenvalue weighted by Crippen LogP contribution is 2.75. The van der Waals surface area contributed by atoms with Gasteiger partial charge in [0.05, 0.1) is 0 Å². The number of hydrogen-bond donors (Lipinski definition) is 4. The lowest BCUT2D eigenvalue weighted by atomic mass is 10.2. The molecule has 0 spiro atoms. The van der Waals surface area contributed by atoms with Crippen molar-refractivity contribution >= 4 is 15.2 Å². The van der Waals surface area contributed by atoms with Crippen LogP contribution in [0.3, 0.4) is 0 Å². The first-order valence-electron chi connectivity index (χ1n) is 6.26. The van der Waals surface area contributed by atoms with E-state index in [1.165, 1.54) is 36.4 Å². The van der Waals surface area contributed by atoms with E-state index in [9.17, 15) is 28.7 Å². The lowest BCUT2D eigenvalue weighted by Gasteiger charge is -2.43. The summed E-state index contributed by atoms with van der Waals surface area (Å²) in [5.41, 5.74) is -0.166. The molecule has 0 atom stereocenters. The molecule has 0 aromatic heterocycles. The van der Waals surface area contributed by atoms with E-state index in [4.69, 9.17) is 0 Å². The van der Waals surface area contributed by atoms with E-state index in [1.807, 2.05) is 0 Å². The first-order chi connectivity index (χ1) is 10.1. The van der Waals surface area contributed by atoms with Gasteiger partial charge in [-0.15, -0.1) is 13.2 Å². The van der Waals surface area contributed by atoms with Crippen LogP contribution in [0.15, 0.2) is 55.6 Å². The molecule has 1 aromatic carbocycles. The molecule has 0 aliphatic carbocycles. The van der Waals surface area contributed by atoms with Crippen molar-refractivity contribution in [3.8, 4) is 0 Å². The molecule has 0 unspecified atom stereocenters. The molecule has 1 aromatic rings. The minimum atomic E-state index is -5.30. The van der Waals surface area contributed by atoms with Gasteiger partial charge in [-0.25, -0.2) is 0 Å². The Morgan fingerprint density at radius 3 is 1.68 bits per heavy atom. The van der Waals surface area contributed by atoms with E-state index in [2.05, 4.69) is 13.2 Å². The summed E-state index contributed by atoms with van der Waals surface area (Å²) in [5.74, 6) is 0. The average Bonchev–Trinajstić information content (AvgIpc) is 2.38. The van der Waals surface area contributed by atoms with Gasteiger partial charge in [0.2, 0.25) is 0 Å². The molecule has 0 saturated heterocycles. The molecule has 7 nitrogen and oxygen atoms in total. The second kappa shape index (κ2) is 7.02. The van der Waals surface area contributed by atoms with Gasteiger partial charge in [-0.2, -0.15) is 0 Å². The van der Waals surface area contributed by atoms with Crippen LogP contribution in [0.25, 0.3) is 0 Å². The van der Waals surface area contributed by atoms with Crippen molar-refractivity contribution in [2.75, 3.05) is 13.1 Å². The number of rotatable bonds is 8. The molecule has 0 saturated carbocycles. The Hall–Kier alpha value is -1.04. The quantitative estimate of drug-likeness (QED) is 0.418. The van der Waals surface area contributed by atoms with Crippen LogP contribution >= 0.6 is 15.2 Å². The Balaban J connectivity index is 3.82. The highest BCUT2D eigenvalue weighted by Gasteiger charge is 2.64. The zero-order valence-electron chi connectivity index (χ0n) is 11.8. The third-order valence-electron chi connectivity index (χ3n) is 3.11. The maximum absolute atomic E-state index is 12.2. The van der Waals surface area contributed by atoms with E-state index in [0.717, 1.165) is 4.90 Å². The normalized spacial score (nSPS) is 13.1. The summed E-state index contributed by atoms with van der Waals surface area (Å²) in [7, 11) is -10.6. The predicted octanol–water partition coefficient (Wildman–Crippen LogP) is 1.83. The molecule has 0 heterocycles. The Kier molecular flexibility index (Phi) is 6.07. The highest BCUT2D eigenvalue weighted by atomic mass is 31.2. The molecule has 4 N–H and O–H groups in total. The molecule has 0 aliphatic heterocycles. The van der Waals surface area contributed by atoms with Gasteiger partial charge in [-0.1, -0.05) is 42.5 Å². The summed E-state index contributed by atoms with van der Waals surface area (Å²) in [6.07, 6.45) is 2.62. The Bertz CT molecular complexity index is 589. The van der Waals surface area contributed by atoms with Crippen LogP contribution < -0.4 is 0 Å². The zero-order chi connectivity index (χ0) is 17.0. The summed E-state index contributed by atoms with van der Waals surface area (Å²) in [4.78, 5) is 40.4. The van der Waals surface area contributed by atoms with Crippen molar-refractivity contribution in [1.29, 1.82) is 0 Å². The molecular weight excluding hydrogens is 328 g/mol. The van der Waals surface area contributed by atoms with Crippen LogP contribution in [0.4, 0.5) is 0 Å². The van der Waals surface area contributed by atoms with E-state index >= 15 is 0 Å². The summed E-state index contributed by atoms with van der Waals surface area (Å²) >= 11 is 0. The molecule has 0 radical (unpaired) electrons. The Morgan fingerprint density at radius 1 is 0.955 bits per heavy atom. The number of nitrogens with zero attached hydrogens (tertiary/aromatic N) is 1. The van der Waals surface area contributed by atoms with Gasteiger partial charge in [-0.3, -0.25) is 14.0 Å². The smallest absolute Gasteiger partial charge is 0.322 e. The second-order valence-corrected chi connectivity index (χ2v) is 8.40. The van der Waals surface area contributed by atoms with Crippen molar-refractivity contribution in [2.45, 2.75) is 5.02 Å². The van der Waals surface area contributed by atoms with Gasteiger partial charge >= 0.3 is 15.2 Å². The second-order valence-electron chi connectivity index (χ2n) is 4.57. The third-order valence-corrected chi connectivity index (χ3v) is 7.38. The summed E-state index contributed by atoms with van der Waals surface area (Å²) in [6, 6.07) is 7.04. The lowest BCUT2D eigenvalue weighted by Crippen LogP contribution is -2.46. The molecule has 0 aliphatic rings. The van der Waals surface area contributed by atoms with Crippen molar-refractivity contribution in [3.05, 3.63) is 61.2 Å². The minimum Gasteiger partial charge on any atom is -0.322 e. The van der Waals surface area contributed by atoms with Crippen molar-refractivity contribution < 1.29 is 28.7 Å². The van der Waals surface area contributed by atoms with Crippen LogP contribution in [-0.2, 0) is 14.2 Å². The van der Waals surface area contributed by atoms with Gasteiger partial charge in [0, 0.05) is 13.1 Å². The molecule has 0 fully saturated rings. The largest absolute Gasteiger partial charge is 0.362 e. The fourth-order valence-electron chi connectivity index (χ4n) is 2.36. The van der Waals surface area contributed by atoms with E-state index in [0.29, 0.717) is 0 Å². The van der Waals surface area contributed by atoms with Crippen LogP contribution in [0, 0.1) is 0 Å². The molecule has 122 valence electrons. The summed E-state index contributed by atoms with van der Waals surface area (Å²) in [6.45, 7) is 6.66. The molecule has 1 rings (SSSR count). The highest BCUT2D eigenvalue weighted by molar-refractivity contribution is 7.71. The molecule has 0 bridgehead atoms. The van der Waals surface area contributed by atoms with Gasteiger partial charge in [-0.05, 0) is 5.56 Å². The fraction of sp³-hybridized carbons (Fsp3) is 0.231. The summed E-state index contributed by atoms with van der Waals surface area (Å²) in [5, 5.41) is -2.79. The van der Waals surface area contributed by atoms with Gasteiger partial charge < -0.3 is 19.6 Å². The van der Waals surface area contributed by atoms with Crippen LogP contribution in [0.1, 0.15) is 5.56 Å². The number of hydrogen-bond acceptors (Lipinski definition) is 3. The maximum atomic E-state index is 12.2. The predicted molar refractivity (Wildman–Crippen MR) is 84.2 cm³/mol. The Labute approximate surface area is 128 Å². The topological polar surface area (TPSA) is 118 Å². The summed E-state index contributed by atoms with van der Waals surface area (Å²) < 4.78 is 24.4. The zero-order valence-corrected chi connectivity index (χ0v) is 13.6. The van der Waals surface area contributed by atoms with Crippen molar-refractivity contribution in [3.63, 3.8) is 0 Å². The first-order valence-corrected chi connectivity index (χ1v) is 9.49. The van der Waals surface area contributed by atoms with Crippen LogP contribution in [0.2, 0.25) is 0 Å². The Morgan fingerprint density at radius 2 is 1.36 bits per heavy atom. The number of benzene rings is 1. The maximum Gasteiger partial charge on any atom is 0.362 e. The standard InChI is InChI=1S/C13H19NO6P2/c1-3-10-14(11-4-2)13(21(15,16)17,22(18,19)20)12-8-6-5-7-9-12/h3-9H,1-2,10-11H2,(H2,15,16,17)(H2,18,19,20). The van der Waals surface area contributed by atoms with Gasteiger partial charge in [0.1, 0.15) is 0 Å². The third kappa shape index (κ3) is 3.31. The van der Waals surface area contributed by atoms with Crippen LogP contribution in [0.5, 0.6) is 0 Å². The molecule has 22 heavy (non-hydrogen) atoms. The van der Waals surface area contributed by atoms with E-state index in [-0.39, 0.29) is 18.7 Å². The fourth-order valence-corrected chi connectivity index (χ4v) is 5.75. The van der Waals surface area contributed by atoms with Crippen molar-refractivity contribution in [2.24, 2.45) is 0 Å². The van der Waals surface area contributed by atoms with Crippen LogP contribution in [-0.4, -0.2) is 37.6 Å². The average molecular weight is 347 g/mol. The molecule has 0 amide bonds. The van der Waals surface area contributed by atoms with Gasteiger partial charge in [0.25, 0.3) is 5.02 Å². The first kappa shape index (κ1) is 19.0. The monoisotopic (exact) mass is 347 g/mol. The minimum absolute atomic E-state index is 0.142. The van der Waals surface area contributed by atoms with E-state index < -0.39 is 20.2 Å².